The van der Waals surface area contributed by atoms with Crippen molar-refractivity contribution in [3.05, 3.63) is 95.0 Å². The largest absolute Gasteiger partial charge is 0.476 e. The summed E-state index contributed by atoms with van der Waals surface area (Å²) in [7, 11) is -3.95. The lowest BCUT2D eigenvalue weighted by Crippen LogP contribution is -2.48. The molecular weight excluding hydrogens is 484 g/mol. The first kappa shape index (κ1) is 21.9. The number of ether oxygens (including phenoxy) is 1. The number of carbonyl (C=O) groups excluding carboxylic acids is 1. The molecule has 0 saturated carbocycles. The van der Waals surface area contributed by atoms with Gasteiger partial charge in [-0.1, -0.05) is 54.1 Å². The number of amides is 1. The highest BCUT2D eigenvalue weighted by Gasteiger charge is 2.38. The highest BCUT2D eigenvalue weighted by molar-refractivity contribution is 7.92. The molecule has 0 unspecified atom stereocenters. The maximum atomic E-state index is 13.5. The predicted octanol–water partition coefficient (Wildman–Crippen LogP) is 5.19. The molecule has 1 amide bonds. The van der Waals surface area contributed by atoms with Crippen LogP contribution in [0.5, 0.6) is 5.75 Å². The van der Waals surface area contributed by atoms with Crippen LogP contribution in [0.2, 0.25) is 5.02 Å². The average molecular weight is 505 g/mol. The maximum absolute atomic E-state index is 13.5. The third-order valence-electron chi connectivity index (χ3n) is 6.55. The molecule has 6 rings (SSSR count). The summed E-state index contributed by atoms with van der Waals surface area (Å²) < 4.78 is 34.3. The molecule has 0 saturated heterocycles. The molecule has 1 aliphatic heterocycles. The van der Waals surface area contributed by atoms with Crippen LogP contribution in [0.15, 0.2) is 83.8 Å². The number of benzene rings is 4. The Morgan fingerprint density at radius 1 is 0.943 bits per heavy atom. The summed E-state index contributed by atoms with van der Waals surface area (Å²) in [5.74, 6) is -0.140. The Labute approximate surface area is 208 Å². The number of hydrogen-bond acceptors (Lipinski definition) is 4. The summed E-state index contributed by atoms with van der Waals surface area (Å²) >= 11 is 6.17. The van der Waals surface area contributed by atoms with Crippen LogP contribution >= 0.6 is 11.6 Å². The van der Waals surface area contributed by atoms with Gasteiger partial charge in [-0.2, -0.15) is 0 Å². The molecule has 0 bridgehead atoms. The van der Waals surface area contributed by atoms with Gasteiger partial charge in [0.2, 0.25) is 0 Å². The van der Waals surface area contributed by atoms with E-state index in [2.05, 4.69) is 11.4 Å². The van der Waals surface area contributed by atoms with Crippen molar-refractivity contribution >= 4 is 49.7 Å². The van der Waals surface area contributed by atoms with E-state index in [-0.39, 0.29) is 17.2 Å². The molecule has 6 nitrogen and oxygen atoms in total. The number of sulfonamides is 1. The molecule has 0 spiro atoms. The molecule has 4 aromatic rings. The molecule has 1 aliphatic carbocycles. The molecule has 0 aromatic heterocycles. The Balaban J connectivity index is 1.36. The number of nitrogens with one attached hydrogen (secondary N) is 1. The molecule has 35 heavy (non-hydrogen) atoms. The standard InChI is InChI=1S/C27H21ClN2O4S/c28-19-12-14-24-23(15-19)30(35(32,33)20-6-2-1-3-7-20)16-25(34-24)27(31)29-22-13-11-18-10-9-17-5-4-8-21(22)26(17)18/h1-8,11-15,25H,9-10,16H2,(H,29,31)/t25-/m1/s1. The first-order valence-electron chi connectivity index (χ1n) is 11.3. The fraction of sp³-hybridized carbons (Fsp3) is 0.148. The number of nitrogens with zero attached hydrogens (tertiary/aromatic N) is 1. The van der Waals surface area contributed by atoms with Gasteiger partial charge >= 0.3 is 0 Å². The summed E-state index contributed by atoms with van der Waals surface area (Å²) in [5.41, 5.74) is 3.53. The Hall–Kier alpha value is -3.55. The van der Waals surface area contributed by atoms with Crippen LogP contribution in [-0.4, -0.2) is 27.0 Å². The molecule has 1 heterocycles. The second kappa shape index (κ2) is 8.29. The van der Waals surface area contributed by atoms with Gasteiger partial charge < -0.3 is 10.1 Å². The SMILES string of the molecule is O=C(Nc1ccc2c3c(cccc13)CC2)[C@H]1CN(S(=O)(=O)c2ccccc2)c2cc(Cl)ccc2O1. The summed E-state index contributed by atoms with van der Waals surface area (Å²) in [5, 5.41) is 5.51. The second-order valence-electron chi connectivity index (χ2n) is 8.67. The number of aryl methyl sites for hydroxylation is 2. The van der Waals surface area contributed by atoms with Gasteiger partial charge in [0.1, 0.15) is 5.75 Å². The van der Waals surface area contributed by atoms with E-state index < -0.39 is 22.0 Å². The number of anilines is 2. The van der Waals surface area contributed by atoms with Gasteiger partial charge in [-0.25, -0.2) is 8.42 Å². The lowest BCUT2D eigenvalue weighted by molar-refractivity contribution is -0.122. The zero-order chi connectivity index (χ0) is 24.2. The lowest BCUT2D eigenvalue weighted by Gasteiger charge is -2.35. The van der Waals surface area contributed by atoms with E-state index in [1.807, 2.05) is 24.3 Å². The summed E-state index contributed by atoms with van der Waals surface area (Å²) in [6.07, 6.45) is 0.924. The molecule has 4 aromatic carbocycles. The van der Waals surface area contributed by atoms with Crippen molar-refractivity contribution in [3.8, 4) is 5.75 Å². The molecule has 0 radical (unpaired) electrons. The van der Waals surface area contributed by atoms with Gasteiger partial charge in [0.05, 0.1) is 17.1 Å². The Bertz CT molecular complexity index is 1580. The van der Waals surface area contributed by atoms with E-state index in [1.54, 1.807) is 30.3 Å². The van der Waals surface area contributed by atoms with Crippen molar-refractivity contribution in [2.45, 2.75) is 23.8 Å². The van der Waals surface area contributed by atoms with Crippen LogP contribution in [0.4, 0.5) is 11.4 Å². The van der Waals surface area contributed by atoms with Crippen molar-refractivity contribution in [1.82, 2.24) is 0 Å². The third-order valence-corrected chi connectivity index (χ3v) is 8.58. The van der Waals surface area contributed by atoms with E-state index in [0.717, 1.165) is 18.2 Å². The quantitative estimate of drug-likeness (QED) is 0.415. The normalized spacial score (nSPS) is 16.6. The minimum atomic E-state index is -3.95. The van der Waals surface area contributed by atoms with E-state index in [0.29, 0.717) is 16.4 Å². The van der Waals surface area contributed by atoms with Crippen LogP contribution in [0.25, 0.3) is 10.8 Å². The first-order valence-corrected chi connectivity index (χ1v) is 13.1. The topological polar surface area (TPSA) is 75.7 Å². The number of halogens is 1. The van der Waals surface area contributed by atoms with Gasteiger partial charge in [0, 0.05) is 16.1 Å². The summed E-state index contributed by atoms with van der Waals surface area (Å²) in [6, 6.07) is 22.9. The van der Waals surface area contributed by atoms with Crippen LogP contribution < -0.4 is 14.4 Å². The number of fused-ring (bicyclic) bond motifs is 1. The molecule has 176 valence electrons. The third kappa shape index (κ3) is 3.72. The Morgan fingerprint density at radius 2 is 1.71 bits per heavy atom. The summed E-state index contributed by atoms with van der Waals surface area (Å²) in [4.78, 5) is 13.5. The van der Waals surface area contributed by atoms with E-state index in [1.165, 1.54) is 39.0 Å². The zero-order valence-electron chi connectivity index (χ0n) is 18.6. The second-order valence-corrected chi connectivity index (χ2v) is 11.0. The monoisotopic (exact) mass is 504 g/mol. The highest BCUT2D eigenvalue weighted by atomic mass is 35.5. The van der Waals surface area contributed by atoms with Crippen molar-refractivity contribution in [3.63, 3.8) is 0 Å². The van der Waals surface area contributed by atoms with Crippen LogP contribution in [0.3, 0.4) is 0 Å². The van der Waals surface area contributed by atoms with E-state index in [4.69, 9.17) is 16.3 Å². The van der Waals surface area contributed by atoms with Crippen molar-refractivity contribution in [2.75, 3.05) is 16.2 Å². The summed E-state index contributed by atoms with van der Waals surface area (Å²) in [6.45, 7) is -0.183. The van der Waals surface area contributed by atoms with E-state index >= 15 is 0 Å². The highest BCUT2D eigenvalue weighted by Crippen LogP contribution is 2.39. The Kier molecular flexibility index (Phi) is 5.20. The minimum Gasteiger partial charge on any atom is -0.476 e. The molecule has 2 aliphatic rings. The van der Waals surface area contributed by atoms with Crippen molar-refractivity contribution in [2.24, 2.45) is 0 Å². The van der Waals surface area contributed by atoms with E-state index in [9.17, 15) is 13.2 Å². The fourth-order valence-electron chi connectivity index (χ4n) is 4.88. The lowest BCUT2D eigenvalue weighted by atomic mass is 10.0. The number of rotatable bonds is 4. The Morgan fingerprint density at radius 3 is 2.51 bits per heavy atom. The van der Waals surface area contributed by atoms with Gasteiger partial charge in [0.25, 0.3) is 15.9 Å². The zero-order valence-corrected chi connectivity index (χ0v) is 20.1. The van der Waals surface area contributed by atoms with Crippen LogP contribution in [0, 0.1) is 0 Å². The molecular formula is C27H21ClN2O4S. The maximum Gasteiger partial charge on any atom is 0.267 e. The van der Waals surface area contributed by atoms with Crippen LogP contribution in [0.1, 0.15) is 11.1 Å². The molecule has 1 atom stereocenters. The van der Waals surface area contributed by atoms with Crippen LogP contribution in [-0.2, 0) is 27.7 Å². The van der Waals surface area contributed by atoms with Gasteiger partial charge in [-0.05, 0) is 65.8 Å². The molecule has 0 fully saturated rings. The fourth-order valence-corrected chi connectivity index (χ4v) is 6.53. The average Bonchev–Trinajstić information content (AvgIpc) is 3.30. The van der Waals surface area contributed by atoms with Crippen molar-refractivity contribution < 1.29 is 17.9 Å². The number of carbonyl (C=O) groups is 1. The van der Waals surface area contributed by atoms with Gasteiger partial charge in [-0.15, -0.1) is 0 Å². The van der Waals surface area contributed by atoms with Gasteiger partial charge in [0.15, 0.2) is 6.10 Å². The number of hydrogen-bond donors (Lipinski definition) is 1. The smallest absolute Gasteiger partial charge is 0.267 e. The first-order chi connectivity index (χ1) is 16.9. The van der Waals surface area contributed by atoms with Gasteiger partial charge in [-0.3, -0.25) is 9.10 Å². The molecule has 1 N–H and O–H groups in total. The predicted molar refractivity (Wildman–Crippen MR) is 137 cm³/mol. The molecule has 8 heteroatoms. The minimum absolute atomic E-state index is 0.125. The van der Waals surface area contributed by atoms with Crippen molar-refractivity contribution in [1.29, 1.82) is 0 Å².